The second kappa shape index (κ2) is 15.6. The lowest BCUT2D eigenvalue weighted by Gasteiger charge is -2.70. The van der Waals surface area contributed by atoms with Gasteiger partial charge in [0.25, 0.3) is 0 Å². The van der Waals surface area contributed by atoms with Crippen molar-refractivity contribution >= 4 is 27.4 Å². The number of amides is 1. The molecule has 2 aromatic carbocycles. The van der Waals surface area contributed by atoms with Crippen LogP contribution in [-0.2, 0) is 26.0 Å². The van der Waals surface area contributed by atoms with Gasteiger partial charge in [-0.3, -0.25) is 9.59 Å². The van der Waals surface area contributed by atoms with Gasteiger partial charge in [0.05, 0.1) is 23.1 Å². The van der Waals surface area contributed by atoms with Gasteiger partial charge in [-0.15, -0.1) is 0 Å². The summed E-state index contributed by atoms with van der Waals surface area (Å²) >= 11 is 0. The van der Waals surface area contributed by atoms with Crippen molar-refractivity contribution in [2.24, 2.45) is 56.2 Å². The zero-order valence-corrected chi connectivity index (χ0v) is 38.6. The highest BCUT2D eigenvalue weighted by molar-refractivity contribution is 7.89. The van der Waals surface area contributed by atoms with Crippen molar-refractivity contribution in [3.8, 4) is 0 Å². The van der Waals surface area contributed by atoms with E-state index in [0.717, 1.165) is 50.5 Å². The van der Waals surface area contributed by atoms with E-state index in [1.165, 1.54) is 22.0 Å². The summed E-state index contributed by atoms with van der Waals surface area (Å²) in [5.74, 6) is 0.517. The molecule has 5 N–H and O–H groups in total. The highest BCUT2D eigenvalue weighted by Gasteiger charge is 2.70. The van der Waals surface area contributed by atoms with Gasteiger partial charge in [0.2, 0.25) is 15.9 Å². The number of fused-ring (bicyclic) bond motifs is 7. The van der Waals surface area contributed by atoms with E-state index in [2.05, 4.69) is 59.9 Å². The lowest BCUT2D eigenvalue weighted by molar-refractivity contribution is -0.202. The Hall–Kier alpha value is -3.05. The van der Waals surface area contributed by atoms with E-state index < -0.39 is 27.6 Å². The summed E-state index contributed by atoms with van der Waals surface area (Å²) in [6, 6.07) is 15.1. The van der Waals surface area contributed by atoms with Crippen LogP contribution in [0, 0.1) is 56.2 Å². The zero-order valence-electron chi connectivity index (χ0n) is 37.8. The Bertz CT molecular complexity index is 2090. The molecule has 11 atom stereocenters. The molecule has 0 aromatic heterocycles. The summed E-state index contributed by atoms with van der Waals surface area (Å²) in [4.78, 5) is 29.6. The Morgan fingerprint density at radius 2 is 1.55 bits per heavy atom. The molecule has 0 bridgehead atoms. The van der Waals surface area contributed by atoms with Crippen molar-refractivity contribution in [2.75, 3.05) is 18.8 Å². The third-order valence-corrected chi connectivity index (χ3v) is 19.4. The third-order valence-electron chi connectivity index (χ3n) is 17.5. The molecule has 4 fully saturated rings. The van der Waals surface area contributed by atoms with Gasteiger partial charge in [-0.2, -0.15) is 4.31 Å². The average molecular weight is 844 g/mol. The van der Waals surface area contributed by atoms with E-state index in [9.17, 15) is 28.2 Å². The molecular weight excluding hydrogens is 771 g/mol. The number of rotatable bonds is 11. The van der Waals surface area contributed by atoms with Gasteiger partial charge in [0.1, 0.15) is 0 Å². The van der Waals surface area contributed by atoms with Gasteiger partial charge in [-0.05, 0) is 145 Å². The molecule has 0 radical (unpaired) electrons. The average Bonchev–Trinajstić information content (AvgIpc) is 3.17. The van der Waals surface area contributed by atoms with E-state index in [0.29, 0.717) is 24.9 Å². The van der Waals surface area contributed by atoms with E-state index >= 15 is 0 Å². The number of carbonyl (C=O) groups excluding carboxylic acids is 2. The molecule has 7 rings (SSSR count). The molecule has 0 saturated heterocycles. The third kappa shape index (κ3) is 7.41. The van der Waals surface area contributed by atoms with E-state index in [-0.39, 0.29) is 86.5 Å². The van der Waals surface area contributed by atoms with Crippen LogP contribution < -0.4 is 11.1 Å². The maximum Gasteiger partial charge on any atom is 0.243 e. The first-order chi connectivity index (χ1) is 27.9. The van der Waals surface area contributed by atoms with Crippen LogP contribution in [0.2, 0.25) is 0 Å². The van der Waals surface area contributed by atoms with Crippen LogP contribution in [0.1, 0.15) is 126 Å². The fourth-order valence-electron chi connectivity index (χ4n) is 14.0. The molecule has 4 saturated carbocycles. The molecule has 10 heteroatoms. The van der Waals surface area contributed by atoms with Gasteiger partial charge in [-0.1, -0.05) is 98.2 Å². The number of nitrogen functional groups attached to an aromatic ring is 1. The normalized spacial score (nSPS) is 37.2. The van der Waals surface area contributed by atoms with E-state index in [1.807, 2.05) is 44.2 Å². The zero-order chi connectivity index (χ0) is 43.8. The largest absolute Gasteiger partial charge is 0.399 e. The Morgan fingerprint density at radius 1 is 0.883 bits per heavy atom. The van der Waals surface area contributed by atoms with Crippen molar-refractivity contribution in [1.82, 2.24) is 9.62 Å². The van der Waals surface area contributed by atoms with Gasteiger partial charge < -0.3 is 21.3 Å². The summed E-state index contributed by atoms with van der Waals surface area (Å²) in [5, 5.41) is 26.4. The van der Waals surface area contributed by atoms with Crippen LogP contribution in [0.5, 0.6) is 0 Å². The molecule has 2 aromatic rings. The van der Waals surface area contributed by atoms with Crippen LogP contribution in [0.4, 0.5) is 5.69 Å². The fraction of sp³-hybridized carbons (Fsp3) is 0.680. The number of hydrogen-bond acceptors (Lipinski definition) is 7. The number of ketones is 1. The van der Waals surface area contributed by atoms with Crippen LogP contribution >= 0.6 is 0 Å². The summed E-state index contributed by atoms with van der Waals surface area (Å²) in [5.41, 5.74) is 6.89. The number of carbonyl (C=O) groups is 2. The number of sulfonamides is 1. The lowest BCUT2D eigenvalue weighted by Crippen LogP contribution is -2.66. The maximum absolute atomic E-state index is 14.8. The van der Waals surface area contributed by atoms with Crippen LogP contribution in [0.25, 0.3) is 0 Å². The SMILES string of the molecule is CC(C)CN(C[C@@H](O)[C@H](Cc1ccccc1)NC(=O)[C@]1(C)CC[C@H]2C3=CC(=O)[C@@H]4[C@@]5(C)CC[C@H](O)C(C)(C)[C@@H]5CC[C@@]4(C)[C@]3(C)CC[C@@]2(C)C1)S(=O)(=O)c1ccc(N)cc1. The van der Waals surface area contributed by atoms with Crippen LogP contribution in [0.15, 0.2) is 71.1 Å². The van der Waals surface area contributed by atoms with Crippen molar-refractivity contribution in [2.45, 2.75) is 150 Å². The molecule has 0 unspecified atom stereocenters. The predicted octanol–water partition coefficient (Wildman–Crippen LogP) is 8.35. The minimum absolute atomic E-state index is 0.00953. The Balaban J connectivity index is 1.13. The lowest BCUT2D eigenvalue weighted by atomic mass is 9.33. The first kappa shape index (κ1) is 45.0. The van der Waals surface area contributed by atoms with Crippen molar-refractivity contribution in [3.63, 3.8) is 0 Å². The number of benzene rings is 2. The molecule has 60 heavy (non-hydrogen) atoms. The number of allylic oxidation sites excluding steroid dienone is 2. The number of hydrogen-bond donors (Lipinski definition) is 4. The maximum atomic E-state index is 14.8. The fourth-order valence-corrected chi connectivity index (χ4v) is 15.7. The summed E-state index contributed by atoms with van der Waals surface area (Å²) in [7, 11) is -3.98. The molecule has 330 valence electrons. The summed E-state index contributed by atoms with van der Waals surface area (Å²) < 4.78 is 29.3. The predicted molar refractivity (Wildman–Crippen MR) is 238 cm³/mol. The first-order valence-corrected chi connectivity index (χ1v) is 24.2. The smallest absolute Gasteiger partial charge is 0.243 e. The molecular formula is C50H73N3O6S. The standard InChI is InChI=1S/C50H73N3O6S/c1-32(2)29-53(60(58,59)35-17-15-34(51)16-18-35)30-40(55)38(27-33-13-11-10-12-14-33)52-44(57)47(6)22-19-36-37-28-39(54)43-48(7)23-21-42(56)45(3,4)41(48)20-24-50(43,9)49(37,8)26-25-46(36,5)31-47/h10-18,28,32,36,38,40-43,55-56H,19-27,29-31,51H2,1-9H3,(H,52,57)/t36-,38-,40+,41-,42-,43+,46-,47+,48-,49+,50+/m0/s1. The second-order valence-corrected chi connectivity index (χ2v) is 24.2. The highest BCUT2D eigenvalue weighted by atomic mass is 32.2. The van der Waals surface area contributed by atoms with Gasteiger partial charge in [-0.25, -0.2) is 8.42 Å². The summed E-state index contributed by atoms with van der Waals surface area (Å²) in [6.07, 6.45) is 8.46. The van der Waals surface area contributed by atoms with Crippen molar-refractivity contribution < 1.29 is 28.2 Å². The van der Waals surface area contributed by atoms with Crippen molar-refractivity contribution in [3.05, 3.63) is 71.8 Å². The van der Waals surface area contributed by atoms with Crippen LogP contribution in [0.3, 0.4) is 0 Å². The molecule has 0 spiro atoms. The van der Waals surface area contributed by atoms with E-state index in [4.69, 9.17) is 5.73 Å². The number of nitrogens with two attached hydrogens (primary N) is 1. The number of nitrogens with zero attached hydrogens (tertiary/aromatic N) is 1. The topological polar surface area (TPSA) is 150 Å². The second-order valence-electron chi connectivity index (χ2n) is 22.3. The molecule has 5 aliphatic rings. The van der Waals surface area contributed by atoms with Gasteiger partial charge in [0, 0.05) is 30.1 Å². The monoisotopic (exact) mass is 844 g/mol. The minimum Gasteiger partial charge on any atom is -0.399 e. The van der Waals surface area contributed by atoms with Gasteiger partial charge >= 0.3 is 0 Å². The number of aliphatic hydroxyl groups is 2. The molecule has 9 nitrogen and oxygen atoms in total. The Morgan fingerprint density at radius 3 is 2.20 bits per heavy atom. The molecule has 0 aliphatic heterocycles. The Labute approximate surface area is 360 Å². The minimum atomic E-state index is -3.98. The van der Waals surface area contributed by atoms with Gasteiger partial charge in [0.15, 0.2) is 5.78 Å². The quantitative estimate of drug-likeness (QED) is 0.166. The van der Waals surface area contributed by atoms with E-state index in [1.54, 1.807) is 12.1 Å². The van der Waals surface area contributed by atoms with Crippen LogP contribution in [-0.4, -0.2) is 66.0 Å². The number of nitrogens with one attached hydrogen (secondary N) is 1. The highest BCUT2D eigenvalue weighted by Crippen LogP contribution is 2.75. The number of anilines is 1. The summed E-state index contributed by atoms with van der Waals surface area (Å²) in [6.45, 7) is 19.9. The molecule has 1 amide bonds. The van der Waals surface area contributed by atoms with Crippen molar-refractivity contribution in [1.29, 1.82) is 0 Å². The molecule has 0 heterocycles. The Kier molecular flexibility index (Phi) is 11.7. The number of aliphatic hydroxyl groups excluding tert-OH is 2. The first-order valence-electron chi connectivity index (χ1n) is 22.7. The molecule has 5 aliphatic carbocycles.